The predicted octanol–water partition coefficient (Wildman–Crippen LogP) is 8.68. The van der Waals surface area contributed by atoms with Gasteiger partial charge in [-0.05, 0) is 0 Å². The summed E-state index contributed by atoms with van der Waals surface area (Å²) in [5, 5.41) is 2.75. The monoisotopic (exact) mass is 494 g/mol. The van der Waals surface area contributed by atoms with Crippen molar-refractivity contribution in [3.05, 3.63) is 71.8 Å². The van der Waals surface area contributed by atoms with Crippen molar-refractivity contribution in [2.75, 3.05) is 0 Å². The average molecular weight is 497 g/mol. The first-order valence-electron chi connectivity index (χ1n) is 9.69. The van der Waals surface area contributed by atoms with Gasteiger partial charge in [-0.15, -0.1) is 46.7 Å². The second-order valence-electron chi connectivity index (χ2n) is 9.27. The summed E-state index contributed by atoms with van der Waals surface area (Å²) in [6.45, 7) is 17.4. The molecule has 3 rings (SSSR count). The summed E-state index contributed by atoms with van der Waals surface area (Å²) < 4.78 is 1.24. The summed E-state index contributed by atoms with van der Waals surface area (Å²) in [6, 6.07) is 21.5. The molecule has 3 aromatic carbocycles. The molecule has 3 heteroatoms. The van der Waals surface area contributed by atoms with Crippen molar-refractivity contribution in [2.45, 2.75) is 66.2 Å². The summed E-state index contributed by atoms with van der Waals surface area (Å²) in [5.41, 5.74) is 3.44. The van der Waals surface area contributed by atoms with E-state index in [9.17, 15) is 0 Å². The Labute approximate surface area is 186 Å². The van der Waals surface area contributed by atoms with Crippen LogP contribution in [0.25, 0.3) is 10.8 Å². The van der Waals surface area contributed by atoms with E-state index in [1.165, 1.54) is 25.1 Å². The van der Waals surface area contributed by atoms with E-state index in [1.54, 1.807) is 0 Å². The van der Waals surface area contributed by atoms with Gasteiger partial charge in [-0.3, -0.25) is 0 Å². The van der Waals surface area contributed by atoms with Crippen LogP contribution in [0.5, 0.6) is 0 Å². The second kappa shape index (κ2) is 11.1. The molecule has 0 radical (unpaired) electrons. The van der Waals surface area contributed by atoms with Gasteiger partial charge < -0.3 is 0 Å². The van der Waals surface area contributed by atoms with Gasteiger partial charge in [0.15, 0.2) is 0 Å². The van der Waals surface area contributed by atoms with Crippen LogP contribution < -0.4 is 0 Å². The third-order valence-electron chi connectivity index (χ3n) is 4.40. The van der Waals surface area contributed by atoms with Crippen LogP contribution >= 0.6 is 17.0 Å². The van der Waals surface area contributed by atoms with Gasteiger partial charge in [-0.25, -0.2) is 6.07 Å². The minimum absolute atomic E-state index is 0.253. The van der Waals surface area contributed by atoms with E-state index >= 15 is 0 Å². The van der Waals surface area contributed by atoms with Gasteiger partial charge in [0.2, 0.25) is 0 Å². The van der Waals surface area contributed by atoms with Crippen molar-refractivity contribution < 1.29 is 18.9 Å². The molecule has 0 aliphatic rings. The molecular formula is C25H34Cl2Zr-2. The van der Waals surface area contributed by atoms with Gasteiger partial charge in [0.1, 0.15) is 0 Å². The first-order chi connectivity index (χ1) is 12.8. The molecule has 0 N–H and O–H groups in total. The van der Waals surface area contributed by atoms with E-state index in [4.69, 9.17) is 17.0 Å². The molecule has 28 heavy (non-hydrogen) atoms. The van der Waals surface area contributed by atoms with E-state index in [0.717, 1.165) is 0 Å². The predicted molar refractivity (Wildman–Crippen MR) is 127 cm³/mol. The Kier molecular flexibility index (Phi) is 10.1. The van der Waals surface area contributed by atoms with E-state index in [-0.39, 0.29) is 5.41 Å². The molecule has 0 heterocycles. The van der Waals surface area contributed by atoms with Crippen LogP contribution in [0, 0.1) is 0 Å². The van der Waals surface area contributed by atoms with Crippen molar-refractivity contribution >= 4 is 31.0 Å². The Morgan fingerprint density at radius 1 is 0.857 bits per heavy atom. The third-order valence-corrected chi connectivity index (χ3v) is 10.7. The first kappa shape index (κ1) is 25.5. The van der Waals surface area contributed by atoms with Crippen LogP contribution in [0.1, 0.15) is 66.5 Å². The zero-order chi connectivity index (χ0) is 21.5. The van der Waals surface area contributed by atoms with E-state index in [2.05, 4.69) is 102 Å². The fourth-order valence-electron chi connectivity index (χ4n) is 2.68. The molecule has 0 saturated heterocycles. The zero-order valence-corrected chi connectivity index (χ0v) is 22.5. The van der Waals surface area contributed by atoms with Crippen molar-refractivity contribution in [1.29, 1.82) is 0 Å². The Balaban J connectivity index is 0.000000229. The van der Waals surface area contributed by atoms with Crippen molar-refractivity contribution in [1.82, 2.24) is 0 Å². The molecule has 0 aliphatic carbocycles. The van der Waals surface area contributed by atoms with Crippen LogP contribution in [0.2, 0.25) is 0 Å². The van der Waals surface area contributed by atoms with Crippen LogP contribution in [-0.4, -0.2) is 3.21 Å². The number of benzene rings is 1. The quantitative estimate of drug-likeness (QED) is 0.273. The van der Waals surface area contributed by atoms with E-state index in [1.807, 2.05) is 13.8 Å². The molecule has 0 aliphatic heterocycles. The molecule has 0 nitrogen and oxygen atoms in total. The molecule has 154 valence electrons. The summed E-state index contributed by atoms with van der Waals surface area (Å²) in [7, 11) is 11.1. The average Bonchev–Trinajstić information content (AvgIpc) is 3.25. The van der Waals surface area contributed by atoms with Crippen LogP contribution in [0.4, 0.5) is 0 Å². The van der Waals surface area contributed by atoms with Crippen LogP contribution in [0.15, 0.2) is 60.7 Å². The molecule has 0 unspecified atom stereocenters. The zero-order valence-electron chi connectivity index (χ0n) is 18.5. The third kappa shape index (κ3) is 8.48. The molecule has 0 saturated carbocycles. The van der Waals surface area contributed by atoms with Crippen molar-refractivity contribution in [3.8, 4) is 0 Å². The van der Waals surface area contributed by atoms with E-state index in [0.29, 0.717) is 5.41 Å². The molecule has 0 atom stereocenters. The fraction of sp³-hybridized carbons (Fsp3) is 0.400. The maximum absolute atomic E-state index is 5.54. The van der Waals surface area contributed by atoms with Gasteiger partial charge in [0.25, 0.3) is 0 Å². The fourth-order valence-corrected chi connectivity index (χ4v) is 2.68. The number of hydrogen-bond acceptors (Lipinski definition) is 0. The molecular weight excluding hydrogens is 462 g/mol. The summed E-state index contributed by atoms with van der Waals surface area (Å²) in [6.07, 6.45) is 0. The van der Waals surface area contributed by atoms with Gasteiger partial charge >= 0.3 is 53.0 Å². The van der Waals surface area contributed by atoms with Crippen molar-refractivity contribution in [3.63, 3.8) is 0 Å². The standard InChI is InChI=1S/C13H15.C9H13.C3H6.2ClH.Zr/c1-13(2,3)12-9-8-10-6-4-5-7-11(10)12;1-9(2,3)8-6-4-5-7-8;1-3-2;;;/h4-9H,1-3H3;4-7H,1-3H3;1-2H3;2*1H;/q2*-1;;;;+2/p-2. The Hall–Kier alpha value is -0.487. The summed E-state index contributed by atoms with van der Waals surface area (Å²) in [5.74, 6) is 0. The first-order valence-corrected chi connectivity index (χ1v) is 17.3. The Morgan fingerprint density at radius 3 is 1.82 bits per heavy atom. The molecule has 3 aromatic rings. The van der Waals surface area contributed by atoms with Crippen molar-refractivity contribution in [2.24, 2.45) is 0 Å². The minimum atomic E-state index is -1.84. The summed E-state index contributed by atoms with van der Waals surface area (Å²) in [4.78, 5) is 0. The van der Waals surface area contributed by atoms with Gasteiger partial charge in [0.05, 0.1) is 0 Å². The number of hydrogen-bond donors (Lipinski definition) is 0. The molecule has 0 spiro atoms. The molecule has 0 bridgehead atoms. The SMILES string of the molecule is CC(C)(C)c1c[cH-]c2ccccc12.CC(C)(C)c1cc[cH-]c1.C[C](C)=[Zr]([Cl])[Cl]. The van der Waals surface area contributed by atoms with Crippen LogP contribution in [0.3, 0.4) is 0 Å². The Morgan fingerprint density at radius 2 is 1.43 bits per heavy atom. The van der Waals surface area contributed by atoms with Gasteiger partial charge in [-0.1, -0.05) is 58.4 Å². The molecule has 0 amide bonds. The topological polar surface area (TPSA) is 0 Å². The van der Waals surface area contributed by atoms with Gasteiger partial charge in [0, 0.05) is 0 Å². The Bertz CT molecular complexity index is 851. The molecule has 0 fully saturated rings. The second-order valence-corrected chi connectivity index (χ2v) is 18.6. The number of halogens is 2. The van der Waals surface area contributed by atoms with E-state index < -0.39 is 18.9 Å². The molecule has 0 aromatic heterocycles. The number of fused-ring (bicyclic) bond motifs is 1. The van der Waals surface area contributed by atoms with Crippen LogP contribution in [-0.2, 0) is 29.7 Å². The summed E-state index contributed by atoms with van der Waals surface area (Å²) >= 11 is -1.84. The maximum atomic E-state index is 5.54. The normalized spacial score (nSPS) is 11.2. The number of rotatable bonds is 0. The van der Waals surface area contributed by atoms with Gasteiger partial charge in [-0.2, -0.15) is 23.8 Å².